The van der Waals surface area contributed by atoms with Crippen molar-refractivity contribution in [3.63, 3.8) is 0 Å². The number of carbonyl (C=O) groups is 2. The quantitative estimate of drug-likeness (QED) is 0.610. The van der Waals surface area contributed by atoms with Gasteiger partial charge in [-0.2, -0.15) is 0 Å². The van der Waals surface area contributed by atoms with Crippen molar-refractivity contribution in [2.75, 3.05) is 13.7 Å². The molecule has 1 fully saturated rings. The van der Waals surface area contributed by atoms with E-state index in [-0.39, 0.29) is 23.8 Å². The van der Waals surface area contributed by atoms with E-state index in [9.17, 15) is 9.59 Å². The minimum atomic E-state index is -0.333. The first-order chi connectivity index (χ1) is 6.20. The second-order valence-electron chi connectivity index (χ2n) is 3.10. The van der Waals surface area contributed by atoms with Crippen LogP contribution in [-0.2, 0) is 19.1 Å². The minimum Gasteiger partial charge on any atom is -0.469 e. The van der Waals surface area contributed by atoms with Crippen molar-refractivity contribution < 1.29 is 19.1 Å². The third kappa shape index (κ3) is 1.99. The third-order valence-corrected chi connectivity index (χ3v) is 2.41. The van der Waals surface area contributed by atoms with Crippen molar-refractivity contribution in [1.29, 1.82) is 0 Å². The van der Waals surface area contributed by atoms with E-state index in [2.05, 4.69) is 4.74 Å². The van der Waals surface area contributed by atoms with Gasteiger partial charge >= 0.3 is 11.9 Å². The highest BCUT2D eigenvalue weighted by atomic mass is 16.5. The highest BCUT2D eigenvalue weighted by molar-refractivity contribution is 5.82. The van der Waals surface area contributed by atoms with E-state index in [1.807, 2.05) is 6.92 Å². The van der Waals surface area contributed by atoms with Crippen LogP contribution in [0.2, 0.25) is 0 Å². The zero-order valence-electron chi connectivity index (χ0n) is 7.91. The molecule has 1 saturated heterocycles. The number of esters is 2. The monoisotopic (exact) mass is 186 g/mol. The molecule has 0 bridgehead atoms. The van der Waals surface area contributed by atoms with Gasteiger partial charge in [0.2, 0.25) is 0 Å². The smallest absolute Gasteiger partial charge is 0.309 e. The van der Waals surface area contributed by atoms with Crippen LogP contribution in [-0.4, -0.2) is 25.7 Å². The van der Waals surface area contributed by atoms with E-state index in [4.69, 9.17) is 4.74 Å². The predicted octanol–water partition coefficient (Wildman–Crippen LogP) is 0.749. The fourth-order valence-corrected chi connectivity index (χ4v) is 1.64. The molecule has 0 aromatic heterocycles. The van der Waals surface area contributed by atoms with Crippen LogP contribution in [0.4, 0.5) is 0 Å². The summed E-state index contributed by atoms with van der Waals surface area (Å²) < 4.78 is 9.41. The molecule has 0 unspecified atom stereocenters. The average Bonchev–Trinajstić information content (AvgIpc) is 2.53. The maximum atomic E-state index is 11.2. The summed E-state index contributed by atoms with van der Waals surface area (Å²) in [6.07, 6.45) is 1.25. The van der Waals surface area contributed by atoms with E-state index in [0.29, 0.717) is 19.4 Å². The molecule has 1 aliphatic rings. The van der Waals surface area contributed by atoms with Gasteiger partial charge in [-0.15, -0.1) is 0 Å². The van der Waals surface area contributed by atoms with Crippen LogP contribution in [0, 0.1) is 11.8 Å². The Morgan fingerprint density at radius 3 is 2.85 bits per heavy atom. The second-order valence-corrected chi connectivity index (χ2v) is 3.10. The highest BCUT2D eigenvalue weighted by Crippen LogP contribution is 2.26. The molecule has 1 rings (SSSR count). The first-order valence-corrected chi connectivity index (χ1v) is 4.45. The number of ether oxygens (including phenoxy) is 2. The van der Waals surface area contributed by atoms with Crippen LogP contribution in [0.15, 0.2) is 0 Å². The largest absolute Gasteiger partial charge is 0.469 e. The SMILES string of the molecule is CC[C@@H](C(=O)OC)[C@H]1CCOC1=O. The maximum absolute atomic E-state index is 11.2. The lowest BCUT2D eigenvalue weighted by Gasteiger charge is -2.15. The Morgan fingerprint density at radius 2 is 2.46 bits per heavy atom. The Kier molecular flexibility index (Phi) is 3.28. The molecule has 0 aromatic carbocycles. The van der Waals surface area contributed by atoms with Crippen molar-refractivity contribution in [2.24, 2.45) is 11.8 Å². The van der Waals surface area contributed by atoms with Crippen LogP contribution in [0.1, 0.15) is 19.8 Å². The van der Waals surface area contributed by atoms with Crippen LogP contribution in [0.3, 0.4) is 0 Å². The van der Waals surface area contributed by atoms with Gasteiger partial charge in [0.05, 0.1) is 25.6 Å². The van der Waals surface area contributed by atoms with Crippen molar-refractivity contribution >= 4 is 11.9 Å². The zero-order chi connectivity index (χ0) is 9.84. The molecule has 0 aromatic rings. The van der Waals surface area contributed by atoms with E-state index in [1.165, 1.54) is 7.11 Å². The Morgan fingerprint density at radius 1 is 1.77 bits per heavy atom. The van der Waals surface area contributed by atoms with Crippen molar-refractivity contribution in [1.82, 2.24) is 0 Å². The van der Waals surface area contributed by atoms with Gasteiger partial charge in [0.25, 0.3) is 0 Å². The van der Waals surface area contributed by atoms with E-state index >= 15 is 0 Å². The van der Waals surface area contributed by atoms with Crippen LogP contribution in [0.25, 0.3) is 0 Å². The molecular weight excluding hydrogens is 172 g/mol. The third-order valence-electron chi connectivity index (χ3n) is 2.41. The molecule has 4 nitrogen and oxygen atoms in total. The fraction of sp³-hybridized carbons (Fsp3) is 0.778. The molecule has 0 spiro atoms. The second kappa shape index (κ2) is 4.25. The molecule has 0 radical (unpaired) electrons. The summed E-state index contributed by atoms with van der Waals surface area (Å²) in [6, 6.07) is 0. The lowest BCUT2D eigenvalue weighted by molar-refractivity contribution is -0.153. The molecule has 0 aliphatic carbocycles. The van der Waals surface area contributed by atoms with Gasteiger partial charge in [-0.25, -0.2) is 0 Å². The first-order valence-electron chi connectivity index (χ1n) is 4.45. The molecule has 0 N–H and O–H groups in total. The van der Waals surface area contributed by atoms with Crippen molar-refractivity contribution in [3.8, 4) is 0 Å². The summed E-state index contributed by atoms with van der Waals surface area (Å²) in [4.78, 5) is 22.4. The summed E-state index contributed by atoms with van der Waals surface area (Å²) >= 11 is 0. The number of cyclic esters (lactones) is 1. The standard InChI is InChI=1S/C9H14O4/c1-3-6(8(10)12-2)7-4-5-13-9(7)11/h6-7H,3-5H2,1-2H3/t6-,7-/m1/s1. The van der Waals surface area contributed by atoms with Gasteiger partial charge in [0, 0.05) is 0 Å². The Hall–Kier alpha value is -1.06. The number of hydrogen-bond donors (Lipinski definition) is 0. The number of hydrogen-bond acceptors (Lipinski definition) is 4. The topological polar surface area (TPSA) is 52.6 Å². The minimum absolute atomic E-state index is 0.266. The Bertz CT molecular complexity index is 212. The normalized spacial score (nSPS) is 23.8. The van der Waals surface area contributed by atoms with Crippen LogP contribution >= 0.6 is 0 Å². The molecule has 2 atom stereocenters. The summed E-state index contributed by atoms with van der Waals surface area (Å²) in [5, 5.41) is 0. The van der Waals surface area contributed by atoms with Gasteiger partial charge in [0.1, 0.15) is 0 Å². The summed E-state index contributed by atoms with van der Waals surface area (Å²) in [7, 11) is 1.34. The van der Waals surface area contributed by atoms with Gasteiger partial charge in [-0.1, -0.05) is 6.92 Å². The molecule has 0 amide bonds. The lowest BCUT2D eigenvalue weighted by Crippen LogP contribution is -2.27. The lowest BCUT2D eigenvalue weighted by atomic mass is 9.89. The van der Waals surface area contributed by atoms with Gasteiger partial charge in [-0.05, 0) is 12.8 Å². The Labute approximate surface area is 77.2 Å². The highest BCUT2D eigenvalue weighted by Gasteiger charge is 2.37. The fourth-order valence-electron chi connectivity index (χ4n) is 1.64. The van der Waals surface area contributed by atoms with E-state index < -0.39 is 0 Å². The molecule has 1 aliphatic heterocycles. The average molecular weight is 186 g/mol. The van der Waals surface area contributed by atoms with Crippen molar-refractivity contribution in [2.45, 2.75) is 19.8 Å². The van der Waals surface area contributed by atoms with Gasteiger partial charge in [0.15, 0.2) is 0 Å². The van der Waals surface area contributed by atoms with E-state index in [1.54, 1.807) is 0 Å². The predicted molar refractivity (Wildman–Crippen MR) is 44.9 cm³/mol. The van der Waals surface area contributed by atoms with Gasteiger partial charge in [-0.3, -0.25) is 9.59 Å². The van der Waals surface area contributed by atoms with Crippen molar-refractivity contribution in [3.05, 3.63) is 0 Å². The molecule has 4 heteroatoms. The first kappa shape index (κ1) is 10.0. The zero-order valence-corrected chi connectivity index (χ0v) is 7.91. The maximum Gasteiger partial charge on any atom is 0.309 e. The molecule has 1 heterocycles. The van der Waals surface area contributed by atoms with Crippen LogP contribution < -0.4 is 0 Å². The number of rotatable bonds is 3. The summed E-state index contributed by atoms with van der Waals surface area (Å²) in [5.74, 6) is -1.21. The molecular formula is C9H14O4. The number of carbonyl (C=O) groups excluding carboxylic acids is 2. The van der Waals surface area contributed by atoms with Crippen LogP contribution in [0.5, 0.6) is 0 Å². The Balaban J connectivity index is 2.65. The van der Waals surface area contributed by atoms with Gasteiger partial charge < -0.3 is 9.47 Å². The molecule has 0 saturated carbocycles. The molecule has 13 heavy (non-hydrogen) atoms. The molecule has 74 valence electrons. The summed E-state index contributed by atoms with van der Waals surface area (Å²) in [5.41, 5.74) is 0. The summed E-state index contributed by atoms with van der Waals surface area (Å²) in [6.45, 7) is 2.30. The number of methoxy groups -OCH3 is 1. The van der Waals surface area contributed by atoms with E-state index in [0.717, 1.165) is 0 Å².